The molecule has 5 unspecified atom stereocenters. The molecule has 0 bridgehead atoms. The van der Waals surface area contributed by atoms with Gasteiger partial charge in [-0.1, -0.05) is 6.92 Å². The molecule has 0 aromatic carbocycles. The fraction of sp³-hybridized carbons (Fsp3) is 0.800. The molecule has 0 aromatic rings. The predicted molar refractivity (Wildman–Crippen MR) is 63.3 cm³/mol. The van der Waals surface area contributed by atoms with Crippen molar-refractivity contribution in [2.75, 3.05) is 13.2 Å². The Morgan fingerprint density at radius 3 is 2.90 bits per heavy atom. The number of amides is 3. The molecule has 0 spiro atoms. The lowest BCUT2D eigenvalue weighted by molar-refractivity contribution is -0.129. The lowest BCUT2D eigenvalue weighted by Gasteiger charge is -2.34. The molecule has 0 saturated carbocycles. The van der Waals surface area contributed by atoms with Gasteiger partial charge in [0, 0.05) is 13.0 Å². The van der Waals surface area contributed by atoms with Crippen LogP contribution in [0.25, 0.3) is 0 Å². The number of hydrogen-bond donors (Lipinski definition) is 2. The van der Waals surface area contributed by atoms with Crippen molar-refractivity contribution in [2.45, 2.75) is 31.8 Å². The summed E-state index contributed by atoms with van der Waals surface area (Å²) in [5.74, 6) is -0.652. The molecular weight excluding hydrogens is 291 g/mol. The molecule has 2 N–H and O–H groups in total. The molecule has 5 atom stereocenters. The van der Waals surface area contributed by atoms with E-state index < -0.39 is 32.3 Å². The summed E-state index contributed by atoms with van der Waals surface area (Å²) >= 11 is 0. The van der Waals surface area contributed by atoms with E-state index >= 15 is 0 Å². The van der Waals surface area contributed by atoms with Crippen molar-refractivity contribution in [1.29, 1.82) is 0 Å². The summed E-state index contributed by atoms with van der Waals surface area (Å²) in [5.41, 5.74) is 0. The summed E-state index contributed by atoms with van der Waals surface area (Å²) < 4.78 is 26.6. The summed E-state index contributed by atoms with van der Waals surface area (Å²) in [7, 11) is -4.01. The van der Waals surface area contributed by atoms with E-state index in [0.29, 0.717) is 0 Å². The predicted octanol–water partition coefficient (Wildman–Crippen LogP) is -0.195. The molecule has 0 radical (unpaired) electrons. The zero-order chi connectivity index (χ0) is 14.5. The van der Waals surface area contributed by atoms with Crippen molar-refractivity contribution in [2.24, 2.45) is 5.92 Å². The van der Waals surface area contributed by atoms with Gasteiger partial charge in [0.25, 0.3) is 0 Å². The lowest BCUT2D eigenvalue weighted by atomic mass is 10.1. The third kappa shape index (κ3) is 2.47. The second-order valence-electron chi connectivity index (χ2n) is 5.12. The minimum Gasteiger partial charge on any atom is -0.350 e. The van der Waals surface area contributed by atoms with Crippen LogP contribution in [0.2, 0.25) is 0 Å². The van der Waals surface area contributed by atoms with Gasteiger partial charge < -0.3 is 9.63 Å². The fourth-order valence-corrected chi connectivity index (χ4v) is 3.49. The first-order valence-electron chi connectivity index (χ1n) is 6.28. The van der Waals surface area contributed by atoms with Gasteiger partial charge in [-0.3, -0.25) is 24.1 Å². The number of rotatable bonds is 1. The van der Waals surface area contributed by atoms with E-state index in [0.717, 1.165) is 0 Å². The molecule has 9 nitrogen and oxygen atoms in total. The number of urea groups is 1. The standard InChI is InChI=1S/C10H15N2O7P/c1-5-3-12(10(14)11-9(5)13)8-2-6-7(18-8)4-17-20(15,16)19-6/h5-8H,2-4H2,1H3,(H,15,16)(H,11,13,14). The van der Waals surface area contributed by atoms with Gasteiger partial charge in [-0.15, -0.1) is 0 Å². The van der Waals surface area contributed by atoms with Crippen molar-refractivity contribution < 1.29 is 32.8 Å². The van der Waals surface area contributed by atoms with Crippen LogP contribution < -0.4 is 5.32 Å². The summed E-state index contributed by atoms with van der Waals surface area (Å²) in [5, 5.41) is 2.25. The van der Waals surface area contributed by atoms with Gasteiger partial charge >= 0.3 is 13.9 Å². The highest BCUT2D eigenvalue weighted by Crippen LogP contribution is 2.51. The van der Waals surface area contributed by atoms with Crippen LogP contribution in [-0.4, -0.2) is 53.3 Å². The normalized spacial score (nSPS) is 45.2. The molecule has 20 heavy (non-hydrogen) atoms. The molecule has 3 fully saturated rings. The first-order valence-corrected chi connectivity index (χ1v) is 7.78. The zero-order valence-corrected chi connectivity index (χ0v) is 11.6. The van der Waals surface area contributed by atoms with Crippen molar-refractivity contribution in [1.82, 2.24) is 10.2 Å². The Kier molecular flexibility index (Phi) is 3.34. The van der Waals surface area contributed by atoms with Crippen LogP contribution >= 0.6 is 7.82 Å². The number of ether oxygens (including phenoxy) is 1. The Bertz CT molecular complexity index is 498. The topological polar surface area (TPSA) is 114 Å². The highest BCUT2D eigenvalue weighted by atomic mass is 31.2. The van der Waals surface area contributed by atoms with Gasteiger partial charge in [0.2, 0.25) is 5.91 Å². The summed E-state index contributed by atoms with van der Waals surface area (Å²) in [4.78, 5) is 33.9. The minimum absolute atomic E-state index is 0.0567. The maximum absolute atomic E-state index is 11.8. The maximum atomic E-state index is 11.8. The quantitative estimate of drug-likeness (QED) is 0.645. The zero-order valence-electron chi connectivity index (χ0n) is 10.7. The van der Waals surface area contributed by atoms with E-state index in [1.165, 1.54) is 4.90 Å². The third-order valence-electron chi connectivity index (χ3n) is 3.61. The summed E-state index contributed by atoms with van der Waals surface area (Å²) in [6.45, 7) is 1.89. The molecule has 10 heteroatoms. The van der Waals surface area contributed by atoms with Crippen LogP contribution in [0.4, 0.5) is 4.79 Å². The number of hydrogen-bond acceptors (Lipinski definition) is 6. The highest BCUT2D eigenvalue weighted by molar-refractivity contribution is 7.47. The van der Waals surface area contributed by atoms with Gasteiger partial charge in [-0.05, 0) is 0 Å². The first kappa shape index (κ1) is 14.0. The summed E-state index contributed by atoms with van der Waals surface area (Å²) in [6, 6.07) is -0.523. The monoisotopic (exact) mass is 306 g/mol. The first-order chi connectivity index (χ1) is 9.35. The van der Waals surface area contributed by atoms with E-state index in [4.69, 9.17) is 9.26 Å². The van der Waals surface area contributed by atoms with E-state index in [2.05, 4.69) is 9.84 Å². The number of carbonyl (C=O) groups excluding carboxylic acids is 2. The molecule has 3 aliphatic heterocycles. The van der Waals surface area contributed by atoms with Gasteiger partial charge in [0.05, 0.1) is 12.5 Å². The second-order valence-corrected chi connectivity index (χ2v) is 6.53. The Hall–Kier alpha value is -0.990. The summed E-state index contributed by atoms with van der Waals surface area (Å²) in [6.07, 6.45) is -1.41. The van der Waals surface area contributed by atoms with Crippen LogP contribution in [0.15, 0.2) is 0 Å². The van der Waals surface area contributed by atoms with Gasteiger partial charge in [0.1, 0.15) is 18.4 Å². The van der Waals surface area contributed by atoms with Crippen molar-refractivity contribution >= 4 is 19.8 Å². The van der Waals surface area contributed by atoms with Crippen LogP contribution in [-0.2, 0) is 23.1 Å². The smallest absolute Gasteiger partial charge is 0.350 e. The second kappa shape index (κ2) is 4.78. The Labute approximate surface area is 114 Å². The van der Waals surface area contributed by atoms with E-state index in [-0.39, 0.29) is 31.4 Å². The number of phosphoric ester groups is 1. The van der Waals surface area contributed by atoms with Gasteiger partial charge in [0.15, 0.2) is 0 Å². The number of fused-ring (bicyclic) bond motifs is 1. The van der Waals surface area contributed by atoms with Gasteiger partial charge in [-0.2, -0.15) is 0 Å². The largest absolute Gasteiger partial charge is 0.472 e. The van der Waals surface area contributed by atoms with Crippen LogP contribution in [0, 0.1) is 5.92 Å². The molecule has 112 valence electrons. The number of nitrogens with one attached hydrogen (secondary N) is 1. The van der Waals surface area contributed by atoms with Crippen LogP contribution in [0.1, 0.15) is 13.3 Å². The molecule has 0 aromatic heterocycles. The number of imide groups is 1. The van der Waals surface area contributed by atoms with E-state index in [1.54, 1.807) is 6.92 Å². The Morgan fingerprint density at radius 2 is 2.15 bits per heavy atom. The van der Waals surface area contributed by atoms with E-state index in [1.807, 2.05) is 0 Å². The molecular formula is C10H15N2O7P. The molecule has 3 aliphatic rings. The Morgan fingerprint density at radius 1 is 1.40 bits per heavy atom. The fourth-order valence-electron chi connectivity index (χ4n) is 2.53. The highest BCUT2D eigenvalue weighted by Gasteiger charge is 2.49. The van der Waals surface area contributed by atoms with Crippen molar-refractivity contribution in [3.05, 3.63) is 0 Å². The number of nitrogens with zero attached hydrogens (tertiary/aromatic N) is 1. The SMILES string of the molecule is CC1CN(C2CC3OP(=O)(O)OCC3O2)C(=O)NC1=O. The Balaban J connectivity index is 1.69. The molecule has 3 saturated heterocycles. The maximum Gasteiger partial charge on any atom is 0.472 e. The van der Waals surface area contributed by atoms with Crippen molar-refractivity contribution in [3.8, 4) is 0 Å². The van der Waals surface area contributed by atoms with E-state index in [9.17, 15) is 19.0 Å². The molecule has 0 aliphatic carbocycles. The molecule has 3 amide bonds. The average molecular weight is 306 g/mol. The minimum atomic E-state index is -4.01. The molecule has 3 rings (SSSR count). The van der Waals surface area contributed by atoms with Crippen molar-refractivity contribution in [3.63, 3.8) is 0 Å². The third-order valence-corrected chi connectivity index (χ3v) is 4.62. The average Bonchev–Trinajstić information content (AvgIpc) is 2.74. The molecule has 3 heterocycles. The van der Waals surface area contributed by atoms with Crippen LogP contribution in [0.3, 0.4) is 0 Å². The number of carbonyl (C=O) groups is 2. The van der Waals surface area contributed by atoms with Gasteiger partial charge in [-0.25, -0.2) is 9.36 Å². The number of phosphoric acid groups is 1. The van der Waals surface area contributed by atoms with Crippen LogP contribution in [0.5, 0.6) is 0 Å². The lowest BCUT2D eigenvalue weighted by Crippen LogP contribution is -2.57.